The highest BCUT2D eigenvalue weighted by molar-refractivity contribution is 5.79. The van der Waals surface area contributed by atoms with Gasteiger partial charge in [-0.3, -0.25) is 10.1 Å². The summed E-state index contributed by atoms with van der Waals surface area (Å²) < 4.78 is 10.4. The maximum atomic E-state index is 11.8. The molecule has 4 heteroatoms. The minimum absolute atomic E-state index is 0.184. The lowest BCUT2D eigenvalue weighted by atomic mass is 9.75. The van der Waals surface area contributed by atoms with Crippen molar-refractivity contribution >= 4 is 5.97 Å². The van der Waals surface area contributed by atoms with Crippen molar-refractivity contribution in [3.05, 3.63) is 0 Å². The predicted octanol–water partition coefficient (Wildman–Crippen LogP) is 1.88. The molecular weight excluding hydrogens is 230 g/mol. The van der Waals surface area contributed by atoms with E-state index >= 15 is 0 Å². The van der Waals surface area contributed by atoms with E-state index in [0.717, 1.165) is 32.5 Å². The Labute approximate surface area is 109 Å². The largest absolute Gasteiger partial charge is 0.468 e. The number of nitrogens with one attached hydrogen (secondary N) is 1. The number of carbonyl (C=O) groups excluding carboxylic acids is 1. The van der Waals surface area contributed by atoms with Gasteiger partial charge < -0.3 is 9.47 Å². The first-order valence-corrected chi connectivity index (χ1v) is 6.94. The molecule has 1 atom stereocenters. The van der Waals surface area contributed by atoms with Crippen molar-refractivity contribution in [2.24, 2.45) is 5.41 Å². The van der Waals surface area contributed by atoms with Gasteiger partial charge in [0, 0.05) is 19.3 Å². The van der Waals surface area contributed by atoms with E-state index in [1.54, 1.807) is 0 Å². The molecule has 0 aromatic rings. The number of methoxy groups -OCH3 is 1. The molecule has 0 amide bonds. The fraction of sp³-hybridized carbons (Fsp3) is 0.929. The summed E-state index contributed by atoms with van der Waals surface area (Å²) in [6, 6.07) is 0.412. The SMILES string of the molecule is COC(=O)C(C)(C)NC1CCCC12CCOCC2. The second-order valence-corrected chi connectivity index (χ2v) is 6.18. The second kappa shape index (κ2) is 5.17. The first-order chi connectivity index (χ1) is 8.50. The van der Waals surface area contributed by atoms with E-state index in [9.17, 15) is 4.79 Å². The summed E-state index contributed by atoms with van der Waals surface area (Å²) in [4.78, 5) is 11.8. The molecule has 18 heavy (non-hydrogen) atoms. The lowest BCUT2D eigenvalue weighted by Gasteiger charge is -2.42. The Morgan fingerprint density at radius 2 is 2.00 bits per heavy atom. The molecule has 2 aliphatic rings. The smallest absolute Gasteiger partial charge is 0.325 e. The van der Waals surface area contributed by atoms with Crippen molar-refractivity contribution < 1.29 is 14.3 Å². The van der Waals surface area contributed by atoms with Crippen LogP contribution in [0.2, 0.25) is 0 Å². The Hall–Kier alpha value is -0.610. The summed E-state index contributed by atoms with van der Waals surface area (Å²) in [5.74, 6) is -0.184. The van der Waals surface area contributed by atoms with Crippen molar-refractivity contribution in [1.29, 1.82) is 0 Å². The molecule has 0 aromatic carbocycles. The van der Waals surface area contributed by atoms with Gasteiger partial charge in [0.2, 0.25) is 0 Å². The van der Waals surface area contributed by atoms with Crippen molar-refractivity contribution in [3.8, 4) is 0 Å². The maximum Gasteiger partial charge on any atom is 0.325 e. The molecule has 104 valence electrons. The van der Waals surface area contributed by atoms with Gasteiger partial charge in [-0.15, -0.1) is 0 Å². The third kappa shape index (κ3) is 2.54. The number of ether oxygens (including phenoxy) is 2. The van der Waals surface area contributed by atoms with Gasteiger partial charge in [0.1, 0.15) is 5.54 Å². The molecule has 2 rings (SSSR count). The second-order valence-electron chi connectivity index (χ2n) is 6.18. The van der Waals surface area contributed by atoms with E-state index in [4.69, 9.17) is 9.47 Å². The van der Waals surface area contributed by atoms with E-state index in [1.807, 2.05) is 13.8 Å². The highest BCUT2D eigenvalue weighted by Gasteiger charge is 2.46. The zero-order valence-corrected chi connectivity index (χ0v) is 11.8. The highest BCUT2D eigenvalue weighted by Crippen LogP contribution is 2.46. The average molecular weight is 255 g/mol. The molecule has 2 fully saturated rings. The molecule has 1 unspecified atom stereocenters. The third-order valence-corrected chi connectivity index (χ3v) is 4.63. The minimum atomic E-state index is -0.602. The first-order valence-electron chi connectivity index (χ1n) is 6.94. The van der Waals surface area contributed by atoms with Gasteiger partial charge in [-0.05, 0) is 44.9 Å². The van der Waals surface area contributed by atoms with Gasteiger partial charge in [0.25, 0.3) is 0 Å². The zero-order valence-electron chi connectivity index (χ0n) is 11.8. The van der Waals surface area contributed by atoms with Crippen molar-refractivity contribution in [2.75, 3.05) is 20.3 Å². The lowest BCUT2D eigenvalue weighted by Crippen LogP contribution is -2.56. The van der Waals surface area contributed by atoms with Crippen LogP contribution in [0.4, 0.5) is 0 Å². The Balaban J connectivity index is 2.05. The van der Waals surface area contributed by atoms with Crippen molar-refractivity contribution in [3.63, 3.8) is 0 Å². The van der Waals surface area contributed by atoms with E-state index < -0.39 is 5.54 Å². The fourth-order valence-corrected chi connectivity index (χ4v) is 3.49. The average Bonchev–Trinajstić information content (AvgIpc) is 2.71. The van der Waals surface area contributed by atoms with Crippen LogP contribution in [-0.2, 0) is 14.3 Å². The Bertz CT molecular complexity index is 308. The molecule has 1 heterocycles. The lowest BCUT2D eigenvalue weighted by molar-refractivity contribution is -0.148. The summed E-state index contributed by atoms with van der Waals surface area (Å²) in [5.41, 5.74) is -0.265. The van der Waals surface area contributed by atoms with Crippen molar-refractivity contribution in [2.45, 2.75) is 57.5 Å². The monoisotopic (exact) mass is 255 g/mol. The molecule has 1 aliphatic carbocycles. The standard InChI is InChI=1S/C14H25NO3/c1-13(2,12(16)17-3)15-11-5-4-6-14(11)7-9-18-10-8-14/h11,15H,4-10H2,1-3H3. The summed E-state index contributed by atoms with van der Waals surface area (Å²) in [6.45, 7) is 5.53. The Morgan fingerprint density at radius 1 is 1.33 bits per heavy atom. The molecule has 0 radical (unpaired) electrons. The van der Waals surface area contributed by atoms with Crippen LogP contribution >= 0.6 is 0 Å². The van der Waals surface area contributed by atoms with E-state index in [2.05, 4.69) is 5.32 Å². The number of hydrogen-bond acceptors (Lipinski definition) is 4. The molecular formula is C14H25NO3. The summed E-state index contributed by atoms with van der Waals surface area (Å²) >= 11 is 0. The van der Waals surface area contributed by atoms with Crippen LogP contribution in [0.3, 0.4) is 0 Å². The van der Waals surface area contributed by atoms with Crippen molar-refractivity contribution in [1.82, 2.24) is 5.32 Å². The molecule has 0 aromatic heterocycles. The molecule has 4 nitrogen and oxygen atoms in total. The predicted molar refractivity (Wildman–Crippen MR) is 69.4 cm³/mol. The highest BCUT2D eigenvalue weighted by atomic mass is 16.5. The molecule has 1 N–H and O–H groups in total. The van der Waals surface area contributed by atoms with Crippen LogP contribution in [0.5, 0.6) is 0 Å². The zero-order chi connectivity index (χ0) is 13.2. The van der Waals surface area contributed by atoms with Crippen LogP contribution < -0.4 is 5.32 Å². The number of carbonyl (C=O) groups is 1. The molecule has 1 saturated carbocycles. The Morgan fingerprint density at radius 3 is 2.61 bits per heavy atom. The first kappa shape index (κ1) is 13.8. The minimum Gasteiger partial charge on any atom is -0.468 e. The topological polar surface area (TPSA) is 47.6 Å². The number of rotatable bonds is 3. The molecule has 1 spiro atoms. The molecule has 0 bridgehead atoms. The van der Waals surface area contributed by atoms with E-state index in [-0.39, 0.29) is 5.97 Å². The van der Waals surface area contributed by atoms with Crippen LogP contribution in [0, 0.1) is 5.41 Å². The van der Waals surface area contributed by atoms with Crippen LogP contribution in [0.1, 0.15) is 46.0 Å². The van der Waals surface area contributed by atoms with Gasteiger partial charge in [0.05, 0.1) is 7.11 Å². The Kier molecular flexibility index (Phi) is 3.97. The number of hydrogen-bond donors (Lipinski definition) is 1. The normalized spacial score (nSPS) is 27.4. The van der Waals surface area contributed by atoms with Gasteiger partial charge in [-0.2, -0.15) is 0 Å². The van der Waals surface area contributed by atoms with Gasteiger partial charge in [-0.25, -0.2) is 0 Å². The number of esters is 1. The molecule has 1 aliphatic heterocycles. The summed E-state index contributed by atoms with van der Waals surface area (Å²) in [5, 5.41) is 3.54. The maximum absolute atomic E-state index is 11.8. The van der Waals surface area contributed by atoms with Crippen LogP contribution in [0.25, 0.3) is 0 Å². The van der Waals surface area contributed by atoms with E-state index in [0.29, 0.717) is 11.5 Å². The van der Waals surface area contributed by atoms with Gasteiger partial charge in [0.15, 0.2) is 0 Å². The van der Waals surface area contributed by atoms with Crippen LogP contribution in [-0.4, -0.2) is 37.9 Å². The third-order valence-electron chi connectivity index (χ3n) is 4.63. The quantitative estimate of drug-likeness (QED) is 0.782. The van der Waals surface area contributed by atoms with E-state index in [1.165, 1.54) is 20.0 Å². The molecule has 1 saturated heterocycles. The summed E-state index contributed by atoms with van der Waals surface area (Å²) in [6.07, 6.45) is 5.88. The van der Waals surface area contributed by atoms with Gasteiger partial charge in [-0.1, -0.05) is 6.42 Å². The van der Waals surface area contributed by atoms with Gasteiger partial charge >= 0.3 is 5.97 Å². The van der Waals surface area contributed by atoms with Crippen LogP contribution in [0.15, 0.2) is 0 Å². The fourth-order valence-electron chi connectivity index (χ4n) is 3.49. The summed E-state index contributed by atoms with van der Waals surface area (Å²) in [7, 11) is 1.45.